The first-order valence-electron chi connectivity index (χ1n) is 10.9. The minimum Gasteiger partial charge on any atom is -0.323 e. The molecular weight excluding hydrogens is 487 g/mol. The lowest BCUT2D eigenvalue weighted by Gasteiger charge is -2.16. The predicted molar refractivity (Wildman–Crippen MR) is 134 cm³/mol. The smallest absolute Gasteiger partial charge is 0.238 e. The molecule has 1 aromatic heterocycles. The summed E-state index contributed by atoms with van der Waals surface area (Å²) in [4.78, 5) is 13.1. The van der Waals surface area contributed by atoms with E-state index in [2.05, 4.69) is 15.5 Å². The number of benzene rings is 3. The van der Waals surface area contributed by atoms with Gasteiger partial charge in [-0.15, -0.1) is 10.2 Å². The largest absolute Gasteiger partial charge is 0.323 e. The van der Waals surface area contributed by atoms with E-state index in [1.165, 1.54) is 24.3 Å². The van der Waals surface area contributed by atoms with E-state index in [1.54, 1.807) is 34.9 Å². The Labute approximate surface area is 207 Å². The predicted octanol–water partition coefficient (Wildman–Crippen LogP) is 4.89. The summed E-state index contributed by atoms with van der Waals surface area (Å²) in [6, 6.07) is 23.2. The van der Waals surface area contributed by atoms with Gasteiger partial charge in [0.1, 0.15) is 11.6 Å². The molecule has 10 heteroatoms. The highest BCUT2D eigenvalue weighted by atomic mass is 32.2. The van der Waals surface area contributed by atoms with Crippen LogP contribution in [0.15, 0.2) is 95.0 Å². The van der Waals surface area contributed by atoms with E-state index in [4.69, 9.17) is 0 Å². The van der Waals surface area contributed by atoms with Gasteiger partial charge in [0.15, 0.2) is 20.8 Å². The number of para-hydroxylation sites is 2. The average molecular weight is 511 g/mol. The van der Waals surface area contributed by atoms with Crippen molar-refractivity contribution in [1.29, 1.82) is 0 Å². The Hall–Kier alpha value is -3.50. The maximum absolute atomic E-state index is 14.0. The molecular formula is C25H23FN4O3S2. The van der Waals surface area contributed by atoms with Crippen molar-refractivity contribution in [3.05, 3.63) is 96.6 Å². The molecule has 1 N–H and O–H groups in total. The molecule has 0 aliphatic carbocycles. The van der Waals surface area contributed by atoms with Crippen molar-refractivity contribution in [2.24, 2.45) is 0 Å². The Bertz CT molecular complexity index is 1410. The molecule has 35 heavy (non-hydrogen) atoms. The summed E-state index contributed by atoms with van der Waals surface area (Å²) < 4.78 is 41.7. The molecule has 1 amide bonds. The Morgan fingerprint density at radius 2 is 1.60 bits per heavy atom. The number of carbonyl (C=O) groups excluding carboxylic acids is 1. The molecule has 1 atom stereocenters. The number of hydrogen-bond acceptors (Lipinski definition) is 6. The van der Waals surface area contributed by atoms with Gasteiger partial charge in [0, 0.05) is 5.69 Å². The summed E-state index contributed by atoms with van der Waals surface area (Å²) in [5, 5.41) is 10.8. The molecule has 0 aliphatic heterocycles. The summed E-state index contributed by atoms with van der Waals surface area (Å²) in [5.74, 6) is -1.05. The van der Waals surface area contributed by atoms with Crippen LogP contribution in [0.3, 0.4) is 0 Å². The summed E-state index contributed by atoms with van der Waals surface area (Å²) >= 11 is 1.15. The van der Waals surface area contributed by atoms with Crippen molar-refractivity contribution in [2.45, 2.75) is 34.4 Å². The van der Waals surface area contributed by atoms with Crippen LogP contribution in [0, 0.1) is 5.82 Å². The van der Waals surface area contributed by atoms with Crippen LogP contribution in [0.2, 0.25) is 0 Å². The summed E-state index contributed by atoms with van der Waals surface area (Å²) in [6.45, 7) is 1.84. The zero-order chi connectivity index (χ0) is 24.8. The second kappa shape index (κ2) is 10.8. The quantitative estimate of drug-likeness (QED) is 0.322. The first-order valence-corrected chi connectivity index (χ1v) is 13.4. The van der Waals surface area contributed by atoms with Crippen LogP contribution in [0.4, 0.5) is 10.1 Å². The zero-order valence-electron chi connectivity index (χ0n) is 18.8. The molecule has 4 aromatic rings. The van der Waals surface area contributed by atoms with Gasteiger partial charge in [-0.2, -0.15) is 0 Å². The Morgan fingerprint density at radius 3 is 2.26 bits per heavy atom. The fourth-order valence-electron chi connectivity index (χ4n) is 3.41. The summed E-state index contributed by atoms with van der Waals surface area (Å²) in [6.07, 6.45) is 0.435. The van der Waals surface area contributed by atoms with Crippen molar-refractivity contribution in [3.8, 4) is 5.69 Å². The molecule has 3 aromatic carbocycles. The fraction of sp³-hybridized carbons (Fsp3) is 0.160. The third-order valence-electron chi connectivity index (χ3n) is 5.18. The van der Waals surface area contributed by atoms with Crippen molar-refractivity contribution in [2.75, 3.05) is 5.32 Å². The van der Waals surface area contributed by atoms with E-state index in [9.17, 15) is 17.6 Å². The molecule has 0 bridgehead atoms. The van der Waals surface area contributed by atoms with Crippen LogP contribution < -0.4 is 5.32 Å². The van der Waals surface area contributed by atoms with Crippen LogP contribution in [0.5, 0.6) is 0 Å². The number of hydrogen-bond donors (Lipinski definition) is 1. The van der Waals surface area contributed by atoms with Gasteiger partial charge in [0.05, 0.1) is 15.8 Å². The van der Waals surface area contributed by atoms with Gasteiger partial charge < -0.3 is 5.32 Å². The standard InChI is InChI=1S/C25H23FN4O3S2/c1-2-22(24(31)27-21-16-10-9-15-20(21)26)34-25-29-28-23(30(25)18-11-5-3-6-12-18)17-35(32,33)19-13-7-4-8-14-19/h3-16,22H,2,17H2,1H3,(H,27,31). The third kappa shape index (κ3) is 5.77. The zero-order valence-corrected chi connectivity index (χ0v) is 20.5. The number of nitrogens with one attached hydrogen (secondary N) is 1. The van der Waals surface area contributed by atoms with Gasteiger partial charge in [-0.1, -0.05) is 67.2 Å². The minimum absolute atomic E-state index is 0.0933. The van der Waals surface area contributed by atoms with Crippen LogP contribution in [0.1, 0.15) is 19.2 Å². The number of nitrogens with zero attached hydrogens (tertiary/aromatic N) is 3. The number of aromatic nitrogens is 3. The molecule has 0 aliphatic rings. The Balaban J connectivity index is 1.65. The van der Waals surface area contributed by atoms with E-state index >= 15 is 0 Å². The maximum atomic E-state index is 14.0. The monoisotopic (exact) mass is 510 g/mol. The lowest BCUT2D eigenvalue weighted by atomic mass is 10.2. The maximum Gasteiger partial charge on any atom is 0.238 e. The number of rotatable bonds is 9. The SMILES string of the molecule is CCC(Sc1nnc(CS(=O)(=O)c2ccccc2)n1-c1ccccc1)C(=O)Nc1ccccc1F. The molecule has 1 heterocycles. The van der Waals surface area contributed by atoms with Crippen LogP contribution in [0.25, 0.3) is 5.69 Å². The highest BCUT2D eigenvalue weighted by Gasteiger charge is 2.26. The van der Waals surface area contributed by atoms with Crippen molar-refractivity contribution in [3.63, 3.8) is 0 Å². The second-order valence-corrected chi connectivity index (χ2v) is 10.8. The number of sulfone groups is 1. The number of halogens is 1. The van der Waals surface area contributed by atoms with Gasteiger partial charge in [-0.25, -0.2) is 12.8 Å². The Morgan fingerprint density at radius 1 is 0.971 bits per heavy atom. The molecule has 4 rings (SSSR count). The van der Waals surface area contributed by atoms with Crippen molar-refractivity contribution >= 4 is 33.2 Å². The number of amides is 1. The van der Waals surface area contributed by atoms with Crippen LogP contribution in [-0.2, 0) is 20.4 Å². The Kier molecular flexibility index (Phi) is 7.62. The first kappa shape index (κ1) is 24.6. The van der Waals surface area contributed by atoms with Crippen LogP contribution in [-0.4, -0.2) is 34.3 Å². The van der Waals surface area contributed by atoms with Gasteiger partial charge >= 0.3 is 0 Å². The molecule has 1 unspecified atom stereocenters. The van der Waals surface area contributed by atoms with E-state index in [0.717, 1.165) is 11.8 Å². The molecule has 0 saturated carbocycles. The average Bonchev–Trinajstić information content (AvgIpc) is 3.26. The molecule has 0 fully saturated rings. The fourth-order valence-corrected chi connectivity index (χ4v) is 5.67. The summed E-state index contributed by atoms with van der Waals surface area (Å²) in [5.41, 5.74) is 0.762. The molecule has 180 valence electrons. The van der Waals surface area contributed by atoms with Gasteiger partial charge in [-0.05, 0) is 42.8 Å². The van der Waals surface area contributed by atoms with E-state index in [1.807, 2.05) is 37.3 Å². The first-order chi connectivity index (χ1) is 16.9. The topological polar surface area (TPSA) is 93.9 Å². The number of anilines is 1. The third-order valence-corrected chi connectivity index (χ3v) is 8.11. The van der Waals surface area contributed by atoms with Gasteiger partial charge in [0.25, 0.3) is 0 Å². The summed E-state index contributed by atoms with van der Waals surface area (Å²) in [7, 11) is -3.68. The normalized spacial score (nSPS) is 12.3. The minimum atomic E-state index is -3.68. The lowest BCUT2D eigenvalue weighted by Crippen LogP contribution is -2.25. The molecule has 0 saturated heterocycles. The van der Waals surface area contributed by atoms with Gasteiger partial charge in [0.2, 0.25) is 5.91 Å². The second-order valence-electron chi connectivity index (χ2n) is 7.63. The molecule has 7 nitrogen and oxygen atoms in total. The lowest BCUT2D eigenvalue weighted by molar-refractivity contribution is -0.115. The highest BCUT2D eigenvalue weighted by Crippen LogP contribution is 2.30. The van der Waals surface area contributed by atoms with E-state index < -0.39 is 20.9 Å². The number of thioether (sulfide) groups is 1. The van der Waals surface area contributed by atoms with E-state index in [0.29, 0.717) is 17.3 Å². The number of carbonyl (C=O) groups is 1. The van der Waals surface area contributed by atoms with Crippen molar-refractivity contribution in [1.82, 2.24) is 14.8 Å². The van der Waals surface area contributed by atoms with Gasteiger partial charge in [-0.3, -0.25) is 9.36 Å². The van der Waals surface area contributed by atoms with Crippen LogP contribution >= 0.6 is 11.8 Å². The molecule has 0 radical (unpaired) electrons. The van der Waals surface area contributed by atoms with E-state index in [-0.39, 0.29) is 28.1 Å². The highest BCUT2D eigenvalue weighted by molar-refractivity contribution is 8.00. The van der Waals surface area contributed by atoms with Crippen molar-refractivity contribution < 1.29 is 17.6 Å². The molecule has 0 spiro atoms.